The van der Waals surface area contributed by atoms with Crippen LogP contribution in [0.3, 0.4) is 0 Å². The number of pyridine rings is 1. The minimum Gasteiger partial charge on any atom is -0.481 e. The fourth-order valence-electron chi connectivity index (χ4n) is 6.50. The van der Waals surface area contributed by atoms with E-state index in [0.717, 1.165) is 25.7 Å². The number of carbonyl (C=O) groups is 2. The van der Waals surface area contributed by atoms with Gasteiger partial charge >= 0.3 is 5.97 Å². The number of hydrogen-bond acceptors (Lipinski definition) is 3. The van der Waals surface area contributed by atoms with E-state index in [2.05, 4.69) is 24.1 Å². The molecule has 4 heteroatoms. The van der Waals surface area contributed by atoms with Gasteiger partial charge in [-0.1, -0.05) is 26.0 Å². The molecule has 0 aromatic carbocycles. The van der Waals surface area contributed by atoms with Crippen molar-refractivity contribution in [1.29, 1.82) is 0 Å². The van der Waals surface area contributed by atoms with E-state index in [1.54, 1.807) is 0 Å². The molecule has 0 aliphatic heterocycles. The Balaban J connectivity index is 1.62. The lowest BCUT2D eigenvalue weighted by atomic mass is 9.48. The first-order chi connectivity index (χ1) is 12.9. The van der Waals surface area contributed by atoms with Crippen LogP contribution in [0.1, 0.15) is 64.4 Å². The van der Waals surface area contributed by atoms with Crippen LogP contribution in [0.2, 0.25) is 0 Å². The lowest BCUT2D eigenvalue weighted by Gasteiger charge is -2.55. The third-order valence-corrected chi connectivity index (χ3v) is 8.01. The van der Waals surface area contributed by atoms with Crippen molar-refractivity contribution < 1.29 is 14.7 Å². The van der Waals surface area contributed by atoms with Crippen molar-refractivity contribution in [3.05, 3.63) is 36.2 Å². The summed E-state index contributed by atoms with van der Waals surface area (Å²) in [5.41, 5.74) is 2.31. The minimum atomic E-state index is -0.798. The van der Waals surface area contributed by atoms with Crippen LogP contribution in [-0.4, -0.2) is 21.8 Å². The first-order valence-electron chi connectivity index (χ1n) is 10.2. The van der Waals surface area contributed by atoms with Crippen molar-refractivity contribution in [3.8, 4) is 0 Å². The Morgan fingerprint density at radius 1 is 1.30 bits per heavy atom. The molecule has 1 aromatic rings. The second-order valence-corrected chi connectivity index (χ2v) is 9.20. The molecule has 0 radical (unpaired) electrons. The molecule has 3 aliphatic carbocycles. The van der Waals surface area contributed by atoms with E-state index < -0.39 is 11.4 Å². The van der Waals surface area contributed by atoms with E-state index >= 15 is 0 Å². The number of allylic oxidation sites excluding steroid dienone is 2. The zero-order valence-electron chi connectivity index (χ0n) is 16.3. The number of fused-ring (bicyclic) bond motifs is 3. The molecule has 0 spiro atoms. The largest absolute Gasteiger partial charge is 0.481 e. The van der Waals surface area contributed by atoms with Crippen LogP contribution in [0, 0.1) is 28.6 Å². The normalized spacial score (nSPS) is 38.1. The molecule has 3 aliphatic rings. The van der Waals surface area contributed by atoms with Crippen LogP contribution in [0.15, 0.2) is 30.6 Å². The molecule has 0 amide bonds. The van der Waals surface area contributed by atoms with Crippen molar-refractivity contribution in [2.24, 2.45) is 28.6 Å². The number of aromatic nitrogens is 1. The maximum Gasteiger partial charge on any atom is 0.303 e. The summed E-state index contributed by atoms with van der Waals surface area (Å²) >= 11 is 0. The van der Waals surface area contributed by atoms with E-state index in [9.17, 15) is 9.59 Å². The number of carbonyl (C=O) groups excluding carboxylic acids is 1. The minimum absolute atomic E-state index is 0.0899. The molecular formula is C23H29NO3. The van der Waals surface area contributed by atoms with Gasteiger partial charge in [0.05, 0.1) is 0 Å². The van der Waals surface area contributed by atoms with E-state index in [0.29, 0.717) is 30.6 Å². The van der Waals surface area contributed by atoms with Crippen molar-refractivity contribution in [2.75, 3.05) is 0 Å². The molecule has 1 heterocycles. The van der Waals surface area contributed by atoms with Gasteiger partial charge in [-0.25, -0.2) is 0 Å². The molecule has 1 N–H and O–H groups in total. The molecule has 4 nitrogen and oxygen atoms in total. The standard InChI is InChI=1S/C23H29NO3/c1-22-11-9-19-16(5-8-20(25)23(19,2)12-10-21(26)27)18(22)7-6-17(22)15-4-3-13-24-14-15/h3-4,6,13-14,16,18-19H,5,7-12H2,1-2H3,(H,26,27)/t16-,18-,19-,22+,23+/m0/s1. The van der Waals surface area contributed by atoms with Gasteiger partial charge in [-0.15, -0.1) is 0 Å². The number of nitrogens with zero attached hydrogens (tertiary/aromatic N) is 1. The predicted octanol–water partition coefficient (Wildman–Crippen LogP) is 4.75. The van der Waals surface area contributed by atoms with Crippen LogP contribution in [0.5, 0.6) is 0 Å². The van der Waals surface area contributed by atoms with E-state index in [1.807, 2.05) is 25.4 Å². The number of aliphatic carboxylic acids is 1. The number of rotatable bonds is 4. The number of carboxylic acids is 1. The van der Waals surface area contributed by atoms with Gasteiger partial charge < -0.3 is 5.11 Å². The smallest absolute Gasteiger partial charge is 0.303 e. The molecule has 2 saturated carbocycles. The van der Waals surface area contributed by atoms with Crippen LogP contribution < -0.4 is 0 Å². The quantitative estimate of drug-likeness (QED) is 0.834. The second-order valence-electron chi connectivity index (χ2n) is 9.20. The third-order valence-electron chi connectivity index (χ3n) is 8.01. The molecule has 2 fully saturated rings. The Kier molecular flexibility index (Phi) is 4.48. The SMILES string of the molecule is C[C@]1(CCC(=O)O)C(=O)CC[C@@H]2[C@@H]1CC[C@]1(C)C(c3cccnc3)=CC[C@@H]21. The van der Waals surface area contributed by atoms with E-state index in [1.165, 1.54) is 11.1 Å². The summed E-state index contributed by atoms with van der Waals surface area (Å²) in [5.74, 6) is 0.854. The Labute approximate surface area is 161 Å². The number of carboxylic acid groups (broad SMARTS) is 1. The first-order valence-corrected chi connectivity index (χ1v) is 10.2. The van der Waals surface area contributed by atoms with Crippen molar-refractivity contribution in [2.45, 2.75) is 58.8 Å². The highest BCUT2D eigenvalue weighted by Crippen LogP contribution is 2.64. The highest BCUT2D eigenvalue weighted by molar-refractivity contribution is 5.86. The molecule has 5 atom stereocenters. The monoisotopic (exact) mass is 367 g/mol. The average molecular weight is 367 g/mol. The molecule has 1 aromatic heterocycles. The van der Waals surface area contributed by atoms with Gasteiger partial charge in [-0.2, -0.15) is 0 Å². The fraction of sp³-hybridized carbons (Fsp3) is 0.609. The van der Waals surface area contributed by atoms with Gasteiger partial charge in [0.2, 0.25) is 0 Å². The van der Waals surface area contributed by atoms with Crippen molar-refractivity contribution in [3.63, 3.8) is 0 Å². The number of Topliss-reactive ketones (excluding diaryl/α,β-unsaturated/α-hetero) is 1. The second kappa shape index (κ2) is 6.57. The highest BCUT2D eigenvalue weighted by Gasteiger charge is 2.57. The van der Waals surface area contributed by atoms with E-state index in [-0.39, 0.29) is 17.6 Å². The Morgan fingerprint density at radius 3 is 2.81 bits per heavy atom. The van der Waals surface area contributed by atoms with Gasteiger partial charge in [0.1, 0.15) is 5.78 Å². The van der Waals surface area contributed by atoms with Crippen molar-refractivity contribution >= 4 is 17.3 Å². The average Bonchev–Trinajstić information content (AvgIpc) is 3.01. The molecule has 4 rings (SSSR count). The third kappa shape index (κ3) is 2.84. The summed E-state index contributed by atoms with van der Waals surface area (Å²) in [6.07, 6.45) is 11.4. The van der Waals surface area contributed by atoms with Crippen LogP contribution >= 0.6 is 0 Å². The molecule has 0 saturated heterocycles. The molecule has 27 heavy (non-hydrogen) atoms. The summed E-state index contributed by atoms with van der Waals surface area (Å²) in [5, 5.41) is 9.17. The molecule has 144 valence electrons. The lowest BCUT2D eigenvalue weighted by molar-refractivity contribution is -0.146. The zero-order valence-corrected chi connectivity index (χ0v) is 16.3. The first kappa shape index (κ1) is 18.4. The number of ketones is 1. The van der Waals surface area contributed by atoms with Gasteiger partial charge in [0.15, 0.2) is 0 Å². The van der Waals surface area contributed by atoms with E-state index in [4.69, 9.17) is 5.11 Å². The Hall–Kier alpha value is -1.97. The molecule has 0 bridgehead atoms. The van der Waals surface area contributed by atoms with Crippen LogP contribution in [0.4, 0.5) is 0 Å². The maximum absolute atomic E-state index is 12.8. The summed E-state index contributed by atoms with van der Waals surface area (Å²) in [7, 11) is 0. The number of hydrogen-bond donors (Lipinski definition) is 1. The Bertz CT molecular complexity index is 786. The Morgan fingerprint density at radius 2 is 2.11 bits per heavy atom. The highest BCUT2D eigenvalue weighted by atomic mass is 16.4. The molecule has 0 unspecified atom stereocenters. The lowest BCUT2D eigenvalue weighted by Crippen LogP contribution is -2.51. The van der Waals surface area contributed by atoms with Crippen molar-refractivity contribution in [1.82, 2.24) is 4.98 Å². The summed E-state index contributed by atoms with van der Waals surface area (Å²) < 4.78 is 0. The van der Waals surface area contributed by atoms with Crippen LogP contribution in [-0.2, 0) is 9.59 Å². The summed E-state index contributed by atoms with van der Waals surface area (Å²) in [4.78, 5) is 28.3. The fourth-order valence-corrected chi connectivity index (χ4v) is 6.50. The zero-order chi connectivity index (χ0) is 19.2. The summed E-state index contributed by atoms with van der Waals surface area (Å²) in [6.45, 7) is 4.44. The topological polar surface area (TPSA) is 67.3 Å². The van der Waals surface area contributed by atoms with Gasteiger partial charge in [0, 0.05) is 30.7 Å². The van der Waals surface area contributed by atoms with Gasteiger partial charge in [-0.05, 0) is 72.5 Å². The van der Waals surface area contributed by atoms with Crippen LogP contribution in [0.25, 0.3) is 5.57 Å². The van der Waals surface area contributed by atoms with Gasteiger partial charge in [-0.3, -0.25) is 14.6 Å². The predicted molar refractivity (Wildman–Crippen MR) is 104 cm³/mol. The van der Waals surface area contributed by atoms with Gasteiger partial charge in [0.25, 0.3) is 0 Å². The summed E-state index contributed by atoms with van der Waals surface area (Å²) in [6, 6.07) is 4.15. The molecular weight excluding hydrogens is 338 g/mol. The maximum atomic E-state index is 12.8.